The predicted octanol–water partition coefficient (Wildman–Crippen LogP) is 4.41. The van der Waals surface area contributed by atoms with Crippen LogP contribution in [0.5, 0.6) is 5.75 Å². The molecule has 0 radical (unpaired) electrons. The Morgan fingerprint density at radius 1 is 1.18 bits per heavy atom. The summed E-state index contributed by atoms with van der Waals surface area (Å²) in [5, 5.41) is 10.6. The van der Waals surface area contributed by atoms with E-state index in [4.69, 9.17) is 9.72 Å². The second kappa shape index (κ2) is 8.86. The zero-order valence-electron chi connectivity index (χ0n) is 19.0. The average molecular weight is 462 g/mol. The van der Waals surface area contributed by atoms with Gasteiger partial charge in [0, 0.05) is 31.9 Å². The molecule has 4 heterocycles. The van der Waals surface area contributed by atoms with Crippen molar-refractivity contribution in [3.8, 4) is 16.3 Å². The topological polar surface area (TPSA) is 72.3 Å². The molecular formula is C25H27N5O2S. The van der Waals surface area contributed by atoms with E-state index >= 15 is 0 Å². The van der Waals surface area contributed by atoms with Crippen LogP contribution in [0.2, 0.25) is 0 Å². The van der Waals surface area contributed by atoms with Gasteiger partial charge in [-0.2, -0.15) is 5.10 Å². The number of fused-ring (bicyclic) bond motifs is 1. The third-order valence-electron chi connectivity index (χ3n) is 6.25. The molecule has 1 amide bonds. The molecule has 0 saturated carbocycles. The number of carbonyl (C=O) groups excluding carboxylic acids is 1. The number of hydrogen-bond acceptors (Lipinski definition) is 6. The number of anilines is 1. The molecule has 0 aliphatic carbocycles. The van der Waals surface area contributed by atoms with Crippen LogP contribution >= 0.6 is 11.3 Å². The summed E-state index contributed by atoms with van der Waals surface area (Å²) in [7, 11) is 3.55. The van der Waals surface area contributed by atoms with Crippen LogP contribution in [0, 0.1) is 6.92 Å². The maximum absolute atomic E-state index is 13.4. The number of thiophene rings is 1. The third kappa shape index (κ3) is 4.18. The maximum atomic E-state index is 13.4. The number of ether oxygens (including phenoxy) is 1. The fourth-order valence-electron chi connectivity index (χ4n) is 4.51. The number of hydrogen-bond donors (Lipinski definition) is 1. The Labute approximate surface area is 197 Å². The molecule has 8 heteroatoms. The normalized spacial score (nSPS) is 14.6. The lowest BCUT2D eigenvalue weighted by Crippen LogP contribution is -2.44. The van der Waals surface area contributed by atoms with Gasteiger partial charge in [-0.05, 0) is 61.5 Å². The van der Waals surface area contributed by atoms with E-state index in [2.05, 4.69) is 27.4 Å². The molecule has 0 bridgehead atoms. The van der Waals surface area contributed by atoms with Crippen molar-refractivity contribution in [2.45, 2.75) is 25.8 Å². The lowest BCUT2D eigenvalue weighted by Gasteiger charge is -2.34. The van der Waals surface area contributed by atoms with E-state index in [1.807, 2.05) is 49.7 Å². The van der Waals surface area contributed by atoms with Crippen LogP contribution in [0.3, 0.4) is 0 Å². The molecular weight excluding hydrogens is 434 g/mol. The Kier molecular flexibility index (Phi) is 5.76. The second-order valence-corrected chi connectivity index (χ2v) is 9.32. The minimum absolute atomic E-state index is 0.0563. The van der Waals surface area contributed by atoms with Gasteiger partial charge in [0.2, 0.25) is 0 Å². The molecule has 1 aliphatic heterocycles. The van der Waals surface area contributed by atoms with E-state index in [1.165, 1.54) is 5.69 Å². The first kappa shape index (κ1) is 21.5. The molecule has 3 aromatic heterocycles. The van der Waals surface area contributed by atoms with E-state index < -0.39 is 0 Å². The number of aryl methyl sites for hydroxylation is 2. The molecule has 170 valence electrons. The first-order valence-electron chi connectivity index (χ1n) is 11.1. The first-order chi connectivity index (χ1) is 16.0. The number of carbonyl (C=O) groups is 1. The van der Waals surface area contributed by atoms with Gasteiger partial charge >= 0.3 is 0 Å². The fraction of sp³-hybridized carbons (Fsp3) is 0.320. The van der Waals surface area contributed by atoms with Crippen molar-refractivity contribution < 1.29 is 9.53 Å². The van der Waals surface area contributed by atoms with Gasteiger partial charge in [-0.1, -0.05) is 6.07 Å². The molecule has 0 unspecified atom stereocenters. The number of nitrogens with one attached hydrogen (secondary N) is 1. The smallest absolute Gasteiger partial charge is 0.252 e. The zero-order valence-corrected chi connectivity index (χ0v) is 19.9. The van der Waals surface area contributed by atoms with Gasteiger partial charge in [-0.3, -0.25) is 9.48 Å². The Morgan fingerprint density at radius 3 is 2.61 bits per heavy atom. The largest absolute Gasteiger partial charge is 0.497 e. The Balaban J connectivity index is 1.34. The molecule has 1 fully saturated rings. The van der Waals surface area contributed by atoms with Gasteiger partial charge in [-0.25, -0.2) is 4.98 Å². The summed E-state index contributed by atoms with van der Waals surface area (Å²) >= 11 is 1.62. The summed E-state index contributed by atoms with van der Waals surface area (Å²) in [6, 6.07) is 14.2. The van der Waals surface area contributed by atoms with Gasteiger partial charge in [0.05, 0.1) is 34.3 Å². The monoisotopic (exact) mass is 461 g/mol. The summed E-state index contributed by atoms with van der Waals surface area (Å²) in [6.07, 6.45) is 1.80. The van der Waals surface area contributed by atoms with Crippen LogP contribution in [-0.2, 0) is 7.05 Å². The molecule has 1 aromatic carbocycles. The van der Waals surface area contributed by atoms with E-state index in [1.54, 1.807) is 23.1 Å². The highest BCUT2D eigenvalue weighted by atomic mass is 32.1. The van der Waals surface area contributed by atoms with Gasteiger partial charge in [0.1, 0.15) is 5.75 Å². The van der Waals surface area contributed by atoms with Crippen LogP contribution < -0.4 is 15.0 Å². The van der Waals surface area contributed by atoms with Crippen molar-refractivity contribution in [3.63, 3.8) is 0 Å². The molecule has 33 heavy (non-hydrogen) atoms. The van der Waals surface area contributed by atoms with Crippen molar-refractivity contribution in [3.05, 3.63) is 59.1 Å². The second-order valence-electron chi connectivity index (χ2n) is 8.37. The molecule has 4 aromatic rings. The molecule has 1 saturated heterocycles. The summed E-state index contributed by atoms with van der Waals surface area (Å²) in [6.45, 7) is 3.73. The Bertz CT molecular complexity index is 1270. The lowest BCUT2D eigenvalue weighted by molar-refractivity contribution is 0.0932. The summed E-state index contributed by atoms with van der Waals surface area (Å²) < 4.78 is 7.01. The van der Waals surface area contributed by atoms with Crippen LogP contribution in [0.1, 0.15) is 28.9 Å². The molecule has 7 nitrogen and oxygen atoms in total. The highest BCUT2D eigenvalue weighted by Gasteiger charge is 2.24. The van der Waals surface area contributed by atoms with Crippen LogP contribution in [0.4, 0.5) is 5.69 Å². The van der Waals surface area contributed by atoms with Gasteiger partial charge in [0.25, 0.3) is 5.91 Å². The van der Waals surface area contributed by atoms with Gasteiger partial charge in [-0.15, -0.1) is 11.3 Å². The number of rotatable bonds is 5. The Morgan fingerprint density at radius 2 is 1.94 bits per heavy atom. The SMILES string of the molecule is COc1ccc(N2CCC(NC(=O)c3cc(-c4cccs4)nc4c3c(C)nn4C)CC2)cc1. The van der Waals surface area contributed by atoms with Crippen molar-refractivity contribution >= 4 is 34.0 Å². The average Bonchev–Trinajstić information content (AvgIpc) is 3.48. The highest BCUT2D eigenvalue weighted by Crippen LogP contribution is 2.30. The first-order valence-corrected chi connectivity index (χ1v) is 12.0. The standard InChI is InChI=1S/C25H27N5O2S/c1-16-23-20(15-21(22-5-4-14-33-22)27-24(23)29(2)28-16)25(31)26-17-10-12-30(13-11-17)18-6-8-19(32-3)9-7-18/h4-9,14-15,17H,10-13H2,1-3H3,(H,26,31). The molecule has 0 atom stereocenters. The third-order valence-corrected chi connectivity index (χ3v) is 7.15. The van der Waals surface area contributed by atoms with Gasteiger partial charge < -0.3 is 15.0 Å². The number of piperidine rings is 1. The number of amides is 1. The minimum atomic E-state index is -0.0563. The van der Waals surface area contributed by atoms with Crippen molar-refractivity contribution in [2.24, 2.45) is 7.05 Å². The number of pyridine rings is 1. The molecule has 5 rings (SSSR count). The number of nitrogens with zero attached hydrogens (tertiary/aromatic N) is 4. The van der Waals surface area contributed by atoms with Crippen molar-refractivity contribution in [1.82, 2.24) is 20.1 Å². The van der Waals surface area contributed by atoms with Crippen LogP contribution in [0.15, 0.2) is 47.8 Å². The molecule has 0 spiro atoms. The van der Waals surface area contributed by atoms with Crippen molar-refractivity contribution in [1.29, 1.82) is 0 Å². The number of aromatic nitrogens is 3. The molecule has 1 aliphatic rings. The predicted molar refractivity (Wildman–Crippen MR) is 132 cm³/mol. The molecule has 1 N–H and O–H groups in total. The highest BCUT2D eigenvalue weighted by molar-refractivity contribution is 7.13. The van der Waals surface area contributed by atoms with Crippen molar-refractivity contribution in [2.75, 3.05) is 25.1 Å². The van der Waals surface area contributed by atoms with E-state index in [0.717, 1.165) is 59.0 Å². The minimum Gasteiger partial charge on any atom is -0.497 e. The van der Waals surface area contributed by atoms with Crippen LogP contribution in [-0.4, -0.2) is 46.9 Å². The van der Waals surface area contributed by atoms with Crippen LogP contribution in [0.25, 0.3) is 21.6 Å². The van der Waals surface area contributed by atoms with Gasteiger partial charge in [0.15, 0.2) is 5.65 Å². The number of benzene rings is 1. The quantitative estimate of drug-likeness (QED) is 0.477. The summed E-state index contributed by atoms with van der Waals surface area (Å²) in [4.78, 5) is 21.6. The van der Waals surface area contributed by atoms with E-state index in [0.29, 0.717) is 5.56 Å². The summed E-state index contributed by atoms with van der Waals surface area (Å²) in [5.74, 6) is 0.802. The zero-order chi connectivity index (χ0) is 22.9. The Hall–Kier alpha value is -3.39. The fourth-order valence-corrected chi connectivity index (χ4v) is 5.20. The lowest BCUT2D eigenvalue weighted by atomic mass is 10.0. The van der Waals surface area contributed by atoms with E-state index in [9.17, 15) is 4.79 Å². The summed E-state index contributed by atoms with van der Waals surface area (Å²) in [5.41, 5.74) is 4.18. The maximum Gasteiger partial charge on any atom is 0.252 e. The van der Waals surface area contributed by atoms with E-state index in [-0.39, 0.29) is 11.9 Å². The number of methoxy groups -OCH3 is 1.